The highest BCUT2D eigenvalue weighted by Gasteiger charge is 2.29. The molecule has 1 saturated heterocycles. The summed E-state index contributed by atoms with van der Waals surface area (Å²) in [5, 5.41) is 2.84. The molecule has 1 aliphatic heterocycles. The minimum atomic E-state index is -0.499. The Bertz CT molecular complexity index is 1320. The third-order valence-corrected chi connectivity index (χ3v) is 6.92. The maximum absolute atomic E-state index is 13.4. The highest BCUT2D eigenvalue weighted by Crippen LogP contribution is 2.34. The second kappa shape index (κ2) is 11.4. The number of carbonyl (C=O) groups is 2. The molecular weight excluding hydrogens is 464 g/mol. The van der Waals surface area contributed by atoms with E-state index in [-0.39, 0.29) is 23.1 Å². The quantitative estimate of drug-likeness (QED) is 0.517. The maximum atomic E-state index is 13.4. The van der Waals surface area contributed by atoms with Crippen molar-refractivity contribution in [2.75, 3.05) is 32.7 Å². The van der Waals surface area contributed by atoms with Gasteiger partial charge in [-0.15, -0.1) is 0 Å². The van der Waals surface area contributed by atoms with Gasteiger partial charge in [-0.05, 0) is 24.0 Å². The van der Waals surface area contributed by atoms with Crippen LogP contribution < -0.4 is 10.7 Å². The van der Waals surface area contributed by atoms with Gasteiger partial charge in [0.1, 0.15) is 11.1 Å². The molecule has 2 aliphatic rings. The normalized spacial score (nSPS) is 16.2. The Labute approximate surface area is 217 Å². The van der Waals surface area contributed by atoms with Crippen molar-refractivity contribution >= 4 is 17.9 Å². The van der Waals surface area contributed by atoms with Crippen LogP contribution in [0.2, 0.25) is 0 Å². The average Bonchev–Trinajstić information content (AvgIpc) is 3.79. The molecule has 0 spiro atoms. The smallest absolute Gasteiger partial charge is 0.259 e. The first-order valence-electron chi connectivity index (χ1n) is 12.9. The van der Waals surface area contributed by atoms with E-state index in [0.717, 1.165) is 43.6 Å². The Hall–Kier alpha value is -3.97. The number of nitrogens with one attached hydrogen (secondary N) is 1. The van der Waals surface area contributed by atoms with Gasteiger partial charge >= 0.3 is 0 Å². The van der Waals surface area contributed by atoms with E-state index in [9.17, 15) is 14.4 Å². The van der Waals surface area contributed by atoms with Crippen molar-refractivity contribution in [3.05, 3.63) is 112 Å². The van der Waals surface area contributed by atoms with Crippen molar-refractivity contribution in [3.8, 4) is 0 Å². The van der Waals surface area contributed by atoms with Crippen molar-refractivity contribution in [1.82, 2.24) is 19.7 Å². The Balaban J connectivity index is 1.25. The maximum Gasteiger partial charge on any atom is 0.259 e. The molecule has 3 aromatic rings. The van der Waals surface area contributed by atoms with E-state index in [2.05, 4.69) is 34.5 Å². The number of hydrogen-bond acceptors (Lipinski definition) is 4. The monoisotopic (exact) mass is 496 g/mol. The van der Waals surface area contributed by atoms with Gasteiger partial charge in [0.25, 0.3) is 11.8 Å². The summed E-state index contributed by atoms with van der Waals surface area (Å²) in [6.45, 7) is 3.69. The first-order valence-corrected chi connectivity index (χ1v) is 12.9. The van der Waals surface area contributed by atoms with E-state index >= 15 is 0 Å². The molecule has 1 saturated carbocycles. The van der Waals surface area contributed by atoms with E-state index in [1.165, 1.54) is 0 Å². The van der Waals surface area contributed by atoms with Crippen molar-refractivity contribution in [2.24, 2.45) is 0 Å². The summed E-state index contributed by atoms with van der Waals surface area (Å²) >= 11 is 0. The number of pyridine rings is 1. The number of nitrogens with zero attached hydrogens (tertiary/aromatic N) is 3. The molecule has 0 bridgehead atoms. The number of benzene rings is 2. The predicted octanol–water partition coefficient (Wildman–Crippen LogP) is 3.58. The molecule has 1 aromatic heterocycles. The van der Waals surface area contributed by atoms with Gasteiger partial charge in [0.05, 0.1) is 0 Å². The molecule has 1 N–H and O–H groups in total. The van der Waals surface area contributed by atoms with Gasteiger partial charge < -0.3 is 14.8 Å². The first kappa shape index (κ1) is 24.7. The number of hydrogen-bond donors (Lipinski definition) is 1. The van der Waals surface area contributed by atoms with Crippen molar-refractivity contribution < 1.29 is 9.59 Å². The minimum Gasteiger partial charge on any atom is -0.349 e. The molecule has 7 heteroatoms. The fourth-order valence-corrected chi connectivity index (χ4v) is 4.57. The number of aromatic nitrogens is 1. The van der Waals surface area contributed by atoms with Crippen LogP contribution in [0.5, 0.6) is 0 Å². The summed E-state index contributed by atoms with van der Waals surface area (Å²) in [7, 11) is 0. The molecule has 2 heterocycles. The van der Waals surface area contributed by atoms with Crippen molar-refractivity contribution in [3.63, 3.8) is 0 Å². The Morgan fingerprint density at radius 2 is 1.51 bits per heavy atom. The molecule has 0 atom stereocenters. The predicted molar refractivity (Wildman–Crippen MR) is 144 cm³/mol. The number of piperazine rings is 1. The van der Waals surface area contributed by atoms with Crippen molar-refractivity contribution in [2.45, 2.75) is 25.4 Å². The number of carbonyl (C=O) groups excluding carboxylic acids is 2. The highest BCUT2D eigenvalue weighted by molar-refractivity contribution is 5.99. The van der Waals surface area contributed by atoms with Crippen LogP contribution in [-0.2, 0) is 6.54 Å². The van der Waals surface area contributed by atoms with Crippen LogP contribution in [-0.4, -0.2) is 58.9 Å². The van der Waals surface area contributed by atoms with E-state index in [1.54, 1.807) is 17.3 Å². The van der Waals surface area contributed by atoms with E-state index in [1.807, 2.05) is 53.1 Å². The van der Waals surface area contributed by atoms with Crippen LogP contribution >= 0.6 is 0 Å². The van der Waals surface area contributed by atoms with Crippen LogP contribution in [0.25, 0.3) is 6.08 Å². The van der Waals surface area contributed by atoms with Gasteiger partial charge in [-0.2, -0.15) is 0 Å². The second-order valence-corrected chi connectivity index (χ2v) is 9.67. The van der Waals surface area contributed by atoms with Gasteiger partial charge in [-0.3, -0.25) is 19.3 Å². The molecule has 37 heavy (non-hydrogen) atoms. The molecule has 5 rings (SSSR count). The second-order valence-electron chi connectivity index (χ2n) is 9.67. The third kappa shape index (κ3) is 6.24. The highest BCUT2D eigenvalue weighted by atomic mass is 16.2. The fraction of sp³-hybridized carbons (Fsp3) is 0.300. The molecule has 7 nitrogen and oxygen atoms in total. The molecule has 2 amide bonds. The van der Waals surface area contributed by atoms with Crippen LogP contribution in [0.1, 0.15) is 50.7 Å². The molecule has 2 aromatic carbocycles. The van der Waals surface area contributed by atoms with Crippen LogP contribution in [0.15, 0.2) is 83.9 Å². The fourth-order valence-electron chi connectivity index (χ4n) is 4.57. The molecule has 0 radical (unpaired) electrons. The van der Waals surface area contributed by atoms with Crippen molar-refractivity contribution in [1.29, 1.82) is 0 Å². The largest absolute Gasteiger partial charge is 0.349 e. The standard InChI is InChI=1S/C30H32N4O3/c35-28-26(29(36)31-20-24-10-5-2-6-11-24)21-34(25-13-14-25)22-27(28)30(37)33-18-16-32(17-19-33)15-7-12-23-8-3-1-4-9-23/h1-12,21-22,25H,13-20H2,(H,31,36). The summed E-state index contributed by atoms with van der Waals surface area (Å²) in [4.78, 5) is 43.7. The Morgan fingerprint density at radius 1 is 0.865 bits per heavy atom. The van der Waals surface area contributed by atoms with E-state index in [4.69, 9.17) is 0 Å². The third-order valence-electron chi connectivity index (χ3n) is 6.92. The summed E-state index contributed by atoms with van der Waals surface area (Å²) in [6, 6.07) is 20.0. The SMILES string of the molecule is O=C(NCc1ccccc1)c1cn(C2CC2)cc(C(=O)N2CCN(CC=Cc3ccccc3)CC2)c1=O. The van der Waals surface area contributed by atoms with Gasteiger partial charge in [0.15, 0.2) is 0 Å². The molecule has 2 fully saturated rings. The zero-order valence-electron chi connectivity index (χ0n) is 20.9. The lowest BCUT2D eigenvalue weighted by Crippen LogP contribution is -2.49. The summed E-state index contributed by atoms with van der Waals surface area (Å²) < 4.78 is 1.87. The number of rotatable bonds is 8. The van der Waals surface area contributed by atoms with Gasteiger partial charge in [-0.25, -0.2) is 0 Å². The van der Waals surface area contributed by atoms with Gasteiger partial charge in [0, 0.05) is 57.7 Å². The first-order chi connectivity index (χ1) is 18.1. The van der Waals surface area contributed by atoms with E-state index < -0.39 is 11.3 Å². The van der Waals surface area contributed by atoms with Crippen LogP contribution in [0.3, 0.4) is 0 Å². The molecule has 0 unspecified atom stereocenters. The molecular formula is C30H32N4O3. The van der Waals surface area contributed by atoms with Gasteiger partial charge in [-0.1, -0.05) is 72.8 Å². The zero-order valence-corrected chi connectivity index (χ0v) is 20.9. The Morgan fingerprint density at radius 3 is 2.19 bits per heavy atom. The number of amides is 2. The summed E-state index contributed by atoms with van der Waals surface area (Å²) in [5.41, 5.74) is 1.72. The molecule has 190 valence electrons. The van der Waals surface area contributed by atoms with Crippen LogP contribution in [0, 0.1) is 0 Å². The van der Waals surface area contributed by atoms with Crippen LogP contribution in [0.4, 0.5) is 0 Å². The average molecular weight is 497 g/mol. The zero-order chi connectivity index (χ0) is 25.6. The molecule has 1 aliphatic carbocycles. The lowest BCUT2D eigenvalue weighted by Gasteiger charge is -2.34. The van der Waals surface area contributed by atoms with E-state index in [0.29, 0.717) is 19.6 Å². The topological polar surface area (TPSA) is 74.7 Å². The Kier molecular flexibility index (Phi) is 7.61. The lowest BCUT2D eigenvalue weighted by atomic mass is 10.1. The summed E-state index contributed by atoms with van der Waals surface area (Å²) in [5.74, 6) is -0.746. The van der Waals surface area contributed by atoms with Gasteiger partial charge in [0.2, 0.25) is 5.43 Å². The minimum absolute atomic E-state index is 0.0263. The lowest BCUT2D eigenvalue weighted by molar-refractivity contribution is 0.0648. The summed E-state index contributed by atoms with van der Waals surface area (Å²) in [6.07, 6.45) is 9.46.